The van der Waals surface area contributed by atoms with Gasteiger partial charge in [-0.05, 0) is 99.8 Å². The molecule has 2 atom stereocenters. The largest absolute Gasteiger partial charge is 0.457 e. The average molecular weight is 551 g/mol. The molecule has 2 aliphatic rings. The highest BCUT2D eigenvalue weighted by Gasteiger charge is 2.22. The van der Waals surface area contributed by atoms with E-state index in [1.165, 1.54) is 18.4 Å². The van der Waals surface area contributed by atoms with Crippen LogP contribution in [0.4, 0.5) is 11.6 Å². The average Bonchev–Trinajstić information content (AvgIpc) is 3.20. The van der Waals surface area contributed by atoms with Crippen LogP contribution < -0.4 is 20.1 Å². The molecule has 3 N–H and O–H groups in total. The number of nitrogens with one attached hydrogen (secondary N) is 3. The second-order valence-corrected chi connectivity index (χ2v) is 12.3. The number of hydrogen-bond acceptors (Lipinski definition) is 8. The van der Waals surface area contributed by atoms with Gasteiger partial charge in [0.1, 0.15) is 11.5 Å². The molecule has 3 aromatic rings. The number of hydrogen-bond donors (Lipinski definition) is 3. The van der Waals surface area contributed by atoms with Crippen LogP contribution in [0.1, 0.15) is 49.3 Å². The Morgan fingerprint density at radius 1 is 0.974 bits per heavy atom. The third-order valence-corrected chi connectivity index (χ3v) is 7.84. The lowest BCUT2D eigenvalue weighted by atomic mass is 9.97. The Morgan fingerprint density at radius 2 is 1.74 bits per heavy atom. The van der Waals surface area contributed by atoms with Crippen molar-refractivity contribution < 1.29 is 13.2 Å². The van der Waals surface area contributed by atoms with Crippen molar-refractivity contribution in [3.8, 4) is 11.5 Å². The van der Waals surface area contributed by atoms with E-state index >= 15 is 0 Å². The predicted octanol–water partition coefficient (Wildman–Crippen LogP) is 4.57. The maximum absolute atomic E-state index is 11.4. The predicted molar refractivity (Wildman–Crippen MR) is 155 cm³/mol. The molecule has 0 aliphatic carbocycles. The first kappa shape index (κ1) is 27.4. The van der Waals surface area contributed by atoms with Gasteiger partial charge in [0.25, 0.3) is 0 Å². The third kappa shape index (κ3) is 8.39. The fraction of sp³-hybridized carbons (Fsp3) is 0.448. The monoisotopic (exact) mass is 550 g/mol. The van der Waals surface area contributed by atoms with Gasteiger partial charge in [-0.1, -0.05) is 12.1 Å². The summed E-state index contributed by atoms with van der Waals surface area (Å²) in [6, 6.07) is 17.4. The van der Waals surface area contributed by atoms with E-state index in [1.54, 1.807) is 24.3 Å². The van der Waals surface area contributed by atoms with Gasteiger partial charge in [-0.2, -0.15) is 0 Å². The van der Waals surface area contributed by atoms with Gasteiger partial charge in [0, 0.05) is 42.6 Å². The van der Waals surface area contributed by atoms with Gasteiger partial charge in [-0.3, -0.25) is 9.62 Å². The molecule has 2 saturated heterocycles. The van der Waals surface area contributed by atoms with Crippen molar-refractivity contribution in [3.05, 3.63) is 72.1 Å². The molecule has 0 radical (unpaired) electrons. The molecule has 5 rings (SSSR count). The van der Waals surface area contributed by atoms with E-state index in [0.717, 1.165) is 75.6 Å². The molecule has 0 amide bonds. The molecular formula is C29H38N6O3S. The third-order valence-electron chi connectivity index (χ3n) is 7.23. The van der Waals surface area contributed by atoms with Gasteiger partial charge >= 0.3 is 0 Å². The summed E-state index contributed by atoms with van der Waals surface area (Å²) in [6.45, 7) is 5.05. The van der Waals surface area contributed by atoms with Crippen molar-refractivity contribution in [2.75, 3.05) is 42.5 Å². The van der Waals surface area contributed by atoms with Gasteiger partial charge in [-0.25, -0.2) is 18.4 Å². The Balaban J connectivity index is 1.12. The molecule has 208 valence electrons. The van der Waals surface area contributed by atoms with E-state index in [9.17, 15) is 8.42 Å². The van der Waals surface area contributed by atoms with Crippen molar-refractivity contribution in [1.29, 1.82) is 0 Å². The van der Waals surface area contributed by atoms with Crippen molar-refractivity contribution in [1.82, 2.24) is 20.2 Å². The quantitative estimate of drug-likeness (QED) is 0.356. The minimum Gasteiger partial charge on any atom is -0.457 e. The normalized spacial score (nSPS) is 20.6. The summed E-state index contributed by atoms with van der Waals surface area (Å²) in [5, 5.41) is 7.09. The van der Waals surface area contributed by atoms with Crippen LogP contribution in [0.3, 0.4) is 0 Å². The fourth-order valence-electron chi connectivity index (χ4n) is 5.35. The second-order valence-electron chi connectivity index (χ2n) is 10.5. The second kappa shape index (κ2) is 12.8. The zero-order valence-corrected chi connectivity index (χ0v) is 23.3. The van der Waals surface area contributed by atoms with E-state index in [2.05, 4.69) is 43.4 Å². The fourth-order valence-corrected chi connectivity index (χ4v) is 5.91. The number of rotatable bonds is 9. The number of anilines is 2. The molecule has 2 aliphatic heterocycles. The van der Waals surface area contributed by atoms with E-state index in [0.29, 0.717) is 23.4 Å². The maximum Gasteiger partial charge on any atom is 0.229 e. The van der Waals surface area contributed by atoms with Gasteiger partial charge in [0.05, 0.1) is 6.26 Å². The van der Waals surface area contributed by atoms with Crippen LogP contribution in [-0.2, 0) is 16.6 Å². The summed E-state index contributed by atoms with van der Waals surface area (Å²) < 4.78 is 31.1. The highest BCUT2D eigenvalue weighted by Crippen LogP contribution is 2.26. The molecule has 2 unspecified atom stereocenters. The standard InChI is InChI=1S/C29H38N6O3S/c1-39(36,37)34-24-8-12-27(13-9-24)38-26-10-6-22(7-11-26)20-35-19-3-5-25(21-35)32-29-31-18-15-28(33-29)23-4-2-16-30-17-14-23/h6-13,15,18,23,25,30,34H,2-5,14,16-17,19-21H2,1H3,(H,31,32,33). The van der Waals surface area contributed by atoms with E-state index in [1.807, 2.05) is 18.3 Å². The van der Waals surface area contributed by atoms with Gasteiger partial charge in [-0.15, -0.1) is 0 Å². The Morgan fingerprint density at radius 3 is 2.51 bits per heavy atom. The van der Waals surface area contributed by atoms with Crippen molar-refractivity contribution >= 4 is 21.7 Å². The van der Waals surface area contributed by atoms with Crippen molar-refractivity contribution in [2.45, 2.75) is 50.6 Å². The van der Waals surface area contributed by atoms with Crippen LogP contribution >= 0.6 is 0 Å². The number of piperidine rings is 1. The molecule has 2 fully saturated rings. The topological polar surface area (TPSA) is 108 Å². The lowest BCUT2D eigenvalue weighted by Gasteiger charge is -2.33. The minimum absolute atomic E-state index is 0.326. The first-order valence-corrected chi connectivity index (χ1v) is 15.7. The number of likely N-dealkylation sites (tertiary alicyclic amines) is 1. The first-order valence-electron chi connectivity index (χ1n) is 13.8. The van der Waals surface area contributed by atoms with Gasteiger partial charge < -0.3 is 15.4 Å². The number of ether oxygens (including phenoxy) is 1. The minimum atomic E-state index is -3.30. The zero-order valence-electron chi connectivity index (χ0n) is 22.5. The van der Waals surface area contributed by atoms with Crippen LogP contribution in [-0.4, -0.2) is 61.8 Å². The molecule has 10 heteroatoms. The van der Waals surface area contributed by atoms with Crippen LogP contribution in [0.2, 0.25) is 0 Å². The Hall–Kier alpha value is -3.21. The number of benzene rings is 2. The van der Waals surface area contributed by atoms with Crippen LogP contribution in [0.5, 0.6) is 11.5 Å². The molecule has 0 saturated carbocycles. The summed E-state index contributed by atoms with van der Waals surface area (Å²) in [7, 11) is -3.30. The maximum atomic E-state index is 11.4. The Labute approximate surface area is 231 Å². The lowest BCUT2D eigenvalue weighted by molar-refractivity contribution is 0.208. The van der Waals surface area contributed by atoms with E-state index in [-0.39, 0.29) is 0 Å². The Kier molecular flexibility index (Phi) is 8.95. The summed E-state index contributed by atoms with van der Waals surface area (Å²) >= 11 is 0. The lowest BCUT2D eigenvalue weighted by Crippen LogP contribution is -2.41. The summed E-state index contributed by atoms with van der Waals surface area (Å²) in [5.74, 6) is 2.64. The SMILES string of the molecule is CS(=O)(=O)Nc1ccc(Oc2ccc(CN3CCCC(Nc4nccc(C5CCCNCC5)n4)C3)cc2)cc1. The molecule has 0 bridgehead atoms. The van der Waals surface area contributed by atoms with Crippen LogP contribution in [0.25, 0.3) is 0 Å². The van der Waals surface area contributed by atoms with E-state index < -0.39 is 10.0 Å². The molecule has 39 heavy (non-hydrogen) atoms. The van der Waals surface area contributed by atoms with Gasteiger partial charge in [0.2, 0.25) is 16.0 Å². The van der Waals surface area contributed by atoms with Crippen molar-refractivity contribution in [3.63, 3.8) is 0 Å². The highest BCUT2D eigenvalue weighted by atomic mass is 32.2. The zero-order chi connectivity index (χ0) is 27.1. The van der Waals surface area contributed by atoms with Crippen LogP contribution in [0.15, 0.2) is 60.8 Å². The summed E-state index contributed by atoms with van der Waals surface area (Å²) in [4.78, 5) is 11.9. The molecule has 9 nitrogen and oxygen atoms in total. The molecular weight excluding hydrogens is 512 g/mol. The molecule has 3 heterocycles. The molecule has 1 aromatic heterocycles. The van der Waals surface area contributed by atoms with E-state index in [4.69, 9.17) is 9.72 Å². The van der Waals surface area contributed by atoms with Crippen LogP contribution in [0, 0.1) is 0 Å². The first-order chi connectivity index (χ1) is 18.9. The molecule has 2 aromatic carbocycles. The summed E-state index contributed by atoms with van der Waals surface area (Å²) in [6.07, 6.45) is 8.78. The van der Waals surface area contributed by atoms with Gasteiger partial charge in [0.15, 0.2) is 0 Å². The highest BCUT2D eigenvalue weighted by molar-refractivity contribution is 7.92. The summed E-state index contributed by atoms with van der Waals surface area (Å²) in [5.41, 5.74) is 2.90. The smallest absolute Gasteiger partial charge is 0.229 e. The Bertz CT molecular complexity index is 1310. The number of nitrogens with zero attached hydrogens (tertiary/aromatic N) is 3. The number of sulfonamides is 1. The number of aromatic nitrogens is 2. The molecule has 0 spiro atoms. The van der Waals surface area contributed by atoms with Crippen molar-refractivity contribution in [2.24, 2.45) is 0 Å².